The first-order chi connectivity index (χ1) is 34.9. The number of benzene rings is 3. The number of aromatic nitrogens is 3. The van der Waals surface area contributed by atoms with Crippen LogP contribution in [0.15, 0.2) is 65.3 Å². The highest BCUT2D eigenvalue weighted by molar-refractivity contribution is 9.10. The molecule has 384 valence electrons. The Kier molecular flexibility index (Phi) is 13.7. The van der Waals surface area contributed by atoms with Crippen molar-refractivity contribution in [3.8, 4) is 5.75 Å². The summed E-state index contributed by atoms with van der Waals surface area (Å²) in [6.07, 6.45) is 0.193. The van der Waals surface area contributed by atoms with Gasteiger partial charge in [0.05, 0.1) is 34.4 Å². The third kappa shape index (κ3) is 10.1. The second-order valence-corrected chi connectivity index (χ2v) is 23.7. The molecule has 3 aromatic carbocycles. The van der Waals surface area contributed by atoms with E-state index in [1.165, 1.54) is 12.1 Å². The zero-order valence-corrected chi connectivity index (χ0v) is 43.4. The van der Waals surface area contributed by atoms with Gasteiger partial charge in [0.1, 0.15) is 30.4 Å². The fourth-order valence-electron chi connectivity index (χ4n) is 10.9. The number of pyridine rings is 1. The third-order valence-electron chi connectivity index (χ3n) is 14.7. The van der Waals surface area contributed by atoms with Crippen LogP contribution in [0.5, 0.6) is 5.75 Å². The number of carbonyl (C=O) groups is 4. The Morgan fingerprint density at radius 3 is 2.34 bits per heavy atom. The minimum absolute atomic E-state index is 0.0814. The first kappa shape index (κ1) is 50.2. The Balaban J connectivity index is 0.728. The van der Waals surface area contributed by atoms with Crippen LogP contribution in [0.1, 0.15) is 59.8 Å². The molecule has 22 heteroatoms. The van der Waals surface area contributed by atoms with Crippen molar-refractivity contribution in [3.05, 3.63) is 87.7 Å². The molecule has 17 nitrogen and oxygen atoms in total. The summed E-state index contributed by atoms with van der Waals surface area (Å²) in [6, 6.07) is 14.8. The number of halogens is 4. The van der Waals surface area contributed by atoms with E-state index in [1.54, 1.807) is 43.7 Å². The van der Waals surface area contributed by atoms with Crippen molar-refractivity contribution >= 4 is 97.4 Å². The molecule has 1 atom stereocenters. The lowest BCUT2D eigenvalue weighted by Gasteiger charge is -2.46. The topological polar surface area (TPSA) is 186 Å². The van der Waals surface area contributed by atoms with Crippen molar-refractivity contribution in [2.45, 2.75) is 63.8 Å². The molecule has 5 aromatic rings. The number of fused-ring (bicyclic) bond motifs is 2. The predicted molar refractivity (Wildman–Crippen MR) is 276 cm³/mol. The number of aryl methyl sites for hydroxylation is 1. The zero-order valence-electron chi connectivity index (χ0n) is 40.9. The summed E-state index contributed by atoms with van der Waals surface area (Å²) in [7, 11) is -1.45. The van der Waals surface area contributed by atoms with Crippen molar-refractivity contribution in [2.24, 2.45) is 5.92 Å². The molecule has 4 amide bonds. The minimum Gasteiger partial charge on any atom is -0.494 e. The number of amides is 4. The maximum Gasteiger partial charge on any atom is 0.433 e. The molecule has 5 aliphatic rings. The van der Waals surface area contributed by atoms with Gasteiger partial charge in [-0.3, -0.25) is 29.4 Å². The van der Waals surface area contributed by atoms with E-state index in [0.29, 0.717) is 88.9 Å². The number of hydrogen-bond acceptors (Lipinski definition) is 14. The van der Waals surface area contributed by atoms with Crippen molar-refractivity contribution in [1.29, 1.82) is 0 Å². The Bertz CT molecular complexity index is 3080. The molecule has 4 saturated heterocycles. The Morgan fingerprint density at radius 2 is 1.66 bits per heavy atom. The molecule has 1 unspecified atom stereocenters. The van der Waals surface area contributed by atoms with Gasteiger partial charge in [-0.05, 0) is 115 Å². The van der Waals surface area contributed by atoms with Crippen LogP contribution < -0.4 is 35.8 Å². The molecule has 0 radical (unpaired) electrons. The van der Waals surface area contributed by atoms with E-state index in [0.717, 1.165) is 74.0 Å². The molecule has 7 heterocycles. The summed E-state index contributed by atoms with van der Waals surface area (Å²) in [6.45, 7) is 11.5. The number of anilines is 6. The molecule has 0 bridgehead atoms. The lowest BCUT2D eigenvalue weighted by atomic mass is 9.95. The van der Waals surface area contributed by atoms with Gasteiger partial charge in [-0.15, -0.1) is 0 Å². The highest BCUT2D eigenvalue weighted by Gasteiger charge is 2.42. The van der Waals surface area contributed by atoms with Crippen LogP contribution in [0.2, 0.25) is 0 Å². The van der Waals surface area contributed by atoms with Crippen molar-refractivity contribution in [3.63, 3.8) is 0 Å². The SMILES string of the molecule is CCc1cc(Nc2ncc(Br)c(Nc3ccc4nc(C(F)(F)F)ccc4c3P(C)(C)=O)n2)c(OC)cc1N1CCC(N2CCN(C(=O)C3CN(c4ccc5c(c4)CN(C4CCC(=O)NC4=O)C5=O)C3)CC2)CC1. The summed E-state index contributed by atoms with van der Waals surface area (Å²) in [4.78, 5) is 74.7. The summed E-state index contributed by atoms with van der Waals surface area (Å²) < 4.78 is 60.5. The van der Waals surface area contributed by atoms with Crippen LogP contribution in [0, 0.1) is 5.92 Å². The molecule has 3 N–H and O–H groups in total. The highest BCUT2D eigenvalue weighted by atomic mass is 79.9. The van der Waals surface area contributed by atoms with Gasteiger partial charge in [0.25, 0.3) is 5.91 Å². The second-order valence-electron chi connectivity index (χ2n) is 19.7. The van der Waals surface area contributed by atoms with E-state index in [1.807, 2.05) is 23.1 Å². The molecule has 10 rings (SSSR count). The molecule has 2 aromatic heterocycles. The van der Waals surface area contributed by atoms with E-state index in [9.17, 15) is 36.9 Å². The van der Waals surface area contributed by atoms with Crippen molar-refractivity contribution in [1.82, 2.24) is 35.0 Å². The number of piperidine rings is 2. The quantitative estimate of drug-likeness (QED) is 0.0847. The van der Waals surface area contributed by atoms with Gasteiger partial charge in [0.15, 0.2) is 0 Å². The van der Waals surface area contributed by atoms with Crippen LogP contribution in [0.4, 0.5) is 47.7 Å². The van der Waals surface area contributed by atoms with Gasteiger partial charge >= 0.3 is 6.18 Å². The van der Waals surface area contributed by atoms with Crippen LogP contribution in [0.3, 0.4) is 0 Å². The van der Waals surface area contributed by atoms with Crippen LogP contribution in [-0.2, 0) is 38.1 Å². The first-order valence-corrected chi connectivity index (χ1v) is 27.9. The second kappa shape index (κ2) is 19.8. The van der Waals surface area contributed by atoms with E-state index in [-0.39, 0.29) is 41.5 Å². The van der Waals surface area contributed by atoms with Crippen LogP contribution >= 0.6 is 23.1 Å². The van der Waals surface area contributed by atoms with Gasteiger partial charge in [-0.25, -0.2) is 9.97 Å². The van der Waals surface area contributed by atoms with E-state index >= 15 is 0 Å². The smallest absolute Gasteiger partial charge is 0.433 e. The fraction of sp³-hybridized carbons (Fsp3) is 0.431. The summed E-state index contributed by atoms with van der Waals surface area (Å²) in [5.41, 5.74) is 4.72. The van der Waals surface area contributed by atoms with Gasteiger partial charge in [0.2, 0.25) is 23.7 Å². The maximum atomic E-state index is 13.7. The standard InChI is InChI=1S/C51H56BrF3N11O6P/c1-5-29-23-39(59-50-56-25-36(52)46(61-50)58-38-10-9-37-35(45(38)73(3,4)71)8-12-43(57-37)51(53,54)55)42(72-2)24-41(29)63-16-14-32(15-17-63)62-18-20-64(21-19-62)48(69)31-26-65(27-31)33-6-7-34-30(22-33)28-66(49(34)70)40-11-13-44(67)60-47(40)68/h6-10,12,22-25,31-32,40H,5,11,13-21,26-28H2,1-4H3,(H,60,67,68)(H2,56,58,59,61). The van der Waals surface area contributed by atoms with Crippen molar-refractivity contribution < 1.29 is 41.7 Å². The summed E-state index contributed by atoms with van der Waals surface area (Å²) >= 11 is 3.52. The zero-order chi connectivity index (χ0) is 51.5. The Morgan fingerprint density at radius 1 is 0.904 bits per heavy atom. The molecule has 5 aliphatic heterocycles. The molecule has 0 saturated carbocycles. The number of nitrogens with one attached hydrogen (secondary N) is 3. The molecule has 0 spiro atoms. The third-order valence-corrected chi connectivity index (χ3v) is 16.9. The average Bonchev–Trinajstić information content (AvgIpc) is 3.67. The number of ether oxygens (including phenoxy) is 1. The number of rotatable bonds is 12. The number of piperazine rings is 1. The summed E-state index contributed by atoms with van der Waals surface area (Å²) in [5, 5.41) is 9.61. The highest BCUT2D eigenvalue weighted by Crippen LogP contribution is 2.43. The number of methoxy groups -OCH3 is 1. The number of nitrogens with zero attached hydrogens (tertiary/aromatic N) is 8. The minimum atomic E-state index is -4.62. The largest absolute Gasteiger partial charge is 0.494 e. The number of carbonyl (C=O) groups excluding carboxylic acids is 4. The lowest BCUT2D eigenvalue weighted by Crippen LogP contribution is -2.59. The Hall–Kier alpha value is -6.31. The molecular weight excluding hydrogens is 1030 g/mol. The van der Waals surface area contributed by atoms with Gasteiger partial charge < -0.3 is 39.5 Å². The van der Waals surface area contributed by atoms with Gasteiger partial charge in [0, 0.05) is 111 Å². The van der Waals surface area contributed by atoms with Crippen LogP contribution in [-0.4, -0.2) is 138 Å². The number of hydrogen-bond donors (Lipinski definition) is 3. The van der Waals surface area contributed by atoms with E-state index in [4.69, 9.17) is 9.72 Å². The van der Waals surface area contributed by atoms with E-state index in [2.05, 4.69) is 69.5 Å². The van der Waals surface area contributed by atoms with Crippen LogP contribution in [0.25, 0.3) is 10.9 Å². The Labute approximate surface area is 428 Å². The predicted octanol–water partition coefficient (Wildman–Crippen LogP) is 7.12. The average molecular weight is 1090 g/mol. The molecule has 0 aliphatic carbocycles. The van der Waals surface area contributed by atoms with Crippen molar-refractivity contribution in [2.75, 3.05) is 93.2 Å². The molecule has 4 fully saturated rings. The lowest BCUT2D eigenvalue weighted by molar-refractivity contribution is -0.141. The van der Waals surface area contributed by atoms with Gasteiger partial charge in [-0.2, -0.15) is 18.2 Å². The monoisotopic (exact) mass is 1090 g/mol. The molecular formula is C51H56BrF3N11O6P. The number of alkyl halides is 3. The normalized spacial score (nSPS) is 19.3. The first-order valence-electron chi connectivity index (χ1n) is 24.5. The number of imide groups is 1. The van der Waals surface area contributed by atoms with Gasteiger partial charge in [-0.1, -0.05) is 6.92 Å². The fourth-order valence-corrected chi connectivity index (χ4v) is 12.7. The summed E-state index contributed by atoms with van der Waals surface area (Å²) in [5.74, 6) is 0.349. The van der Waals surface area contributed by atoms with E-state index < -0.39 is 31.0 Å². The maximum absolute atomic E-state index is 13.7. The molecule has 73 heavy (non-hydrogen) atoms.